The number of rotatable bonds is 4. The van der Waals surface area contributed by atoms with Gasteiger partial charge in [0.2, 0.25) is 5.91 Å². The second kappa shape index (κ2) is 6.80. The number of hydrogen-bond acceptors (Lipinski definition) is 4. The number of nitrogens with zero attached hydrogens (tertiary/aromatic N) is 3. The maximum absolute atomic E-state index is 12.1. The largest absolute Gasteiger partial charge is 0.343 e. The molecule has 1 aliphatic heterocycles. The normalized spacial score (nSPS) is 15.1. The van der Waals surface area contributed by atoms with Crippen molar-refractivity contribution >= 4 is 17.2 Å². The van der Waals surface area contributed by atoms with Gasteiger partial charge < -0.3 is 4.90 Å². The third-order valence-electron chi connectivity index (χ3n) is 3.78. The molecule has 0 saturated carbocycles. The fourth-order valence-corrected chi connectivity index (χ4v) is 3.45. The van der Waals surface area contributed by atoms with Gasteiger partial charge in [0.1, 0.15) is 5.01 Å². The highest BCUT2D eigenvalue weighted by Crippen LogP contribution is 2.23. The fourth-order valence-electron chi connectivity index (χ4n) is 2.59. The van der Waals surface area contributed by atoms with Gasteiger partial charge in [0.15, 0.2) is 0 Å². The van der Waals surface area contributed by atoms with Gasteiger partial charge >= 0.3 is 0 Å². The second-order valence-electron chi connectivity index (χ2n) is 5.32. The summed E-state index contributed by atoms with van der Waals surface area (Å²) in [6, 6.07) is 3.92. The Labute approximate surface area is 128 Å². The van der Waals surface area contributed by atoms with Gasteiger partial charge in [0.05, 0.1) is 5.69 Å². The smallest absolute Gasteiger partial charge is 0.222 e. The molecule has 2 aromatic heterocycles. The lowest BCUT2D eigenvalue weighted by Crippen LogP contribution is -2.35. The average molecular weight is 301 g/mol. The molecule has 1 saturated heterocycles. The van der Waals surface area contributed by atoms with E-state index in [9.17, 15) is 4.79 Å². The number of piperidine rings is 1. The predicted molar refractivity (Wildman–Crippen MR) is 84.1 cm³/mol. The summed E-state index contributed by atoms with van der Waals surface area (Å²) in [5.74, 6) is 0.271. The number of pyridine rings is 1. The van der Waals surface area contributed by atoms with Gasteiger partial charge in [-0.05, 0) is 37.8 Å². The lowest BCUT2D eigenvalue weighted by atomic mass is 10.1. The summed E-state index contributed by atoms with van der Waals surface area (Å²) >= 11 is 1.63. The molecule has 0 radical (unpaired) electrons. The van der Waals surface area contributed by atoms with E-state index in [1.165, 1.54) is 6.42 Å². The lowest BCUT2D eigenvalue weighted by molar-refractivity contribution is -0.132. The molecule has 0 atom stereocenters. The van der Waals surface area contributed by atoms with E-state index in [2.05, 4.69) is 15.3 Å². The number of likely N-dealkylation sites (tertiary alicyclic amines) is 1. The van der Waals surface area contributed by atoms with Crippen LogP contribution in [0.25, 0.3) is 10.6 Å². The summed E-state index contributed by atoms with van der Waals surface area (Å²) in [7, 11) is 0. The van der Waals surface area contributed by atoms with Crippen molar-refractivity contribution in [3.63, 3.8) is 0 Å². The minimum atomic E-state index is 0.271. The number of aryl methyl sites for hydroxylation is 1. The van der Waals surface area contributed by atoms with E-state index < -0.39 is 0 Å². The zero-order valence-electron chi connectivity index (χ0n) is 12.0. The van der Waals surface area contributed by atoms with Crippen LogP contribution < -0.4 is 0 Å². The molecule has 3 heterocycles. The van der Waals surface area contributed by atoms with Crippen molar-refractivity contribution in [2.24, 2.45) is 0 Å². The number of carbonyl (C=O) groups is 1. The summed E-state index contributed by atoms with van der Waals surface area (Å²) in [6.07, 6.45) is 8.40. The second-order valence-corrected chi connectivity index (χ2v) is 6.18. The number of amides is 1. The highest BCUT2D eigenvalue weighted by molar-refractivity contribution is 7.13. The van der Waals surface area contributed by atoms with E-state index in [0.29, 0.717) is 6.42 Å². The first-order valence-electron chi connectivity index (χ1n) is 7.45. The Balaban J connectivity index is 1.56. The highest BCUT2D eigenvalue weighted by atomic mass is 32.1. The standard InChI is InChI=1S/C16H19N3OS/c20-15(19-10-2-1-3-11-19)5-4-14-12-21-16(18-14)13-6-8-17-9-7-13/h6-9,12H,1-5,10-11H2. The topological polar surface area (TPSA) is 46.1 Å². The molecule has 0 aliphatic carbocycles. The van der Waals surface area contributed by atoms with Gasteiger partial charge in [-0.15, -0.1) is 11.3 Å². The van der Waals surface area contributed by atoms with Crippen LogP contribution in [-0.2, 0) is 11.2 Å². The van der Waals surface area contributed by atoms with Gasteiger partial charge in [-0.2, -0.15) is 0 Å². The van der Waals surface area contributed by atoms with Crippen LogP contribution in [0.4, 0.5) is 0 Å². The third kappa shape index (κ3) is 3.67. The number of carbonyl (C=O) groups excluding carboxylic acids is 1. The molecule has 0 unspecified atom stereocenters. The number of hydrogen-bond donors (Lipinski definition) is 0. The lowest BCUT2D eigenvalue weighted by Gasteiger charge is -2.26. The Kier molecular flexibility index (Phi) is 4.60. The van der Waals surface area contributed by atoms with Crippen LogP contribution >= 0.6 is 11.3 Å². The molecule has 5 heteroatoms. The SMILES string of the molecule is O=C(CCc1csc(-c2ccncc2)n1)N1CCCCC1. The molecule has 21 heavy (non-hydrogen) atoms. The van der Waals surface area contributed by atoms with Gasteiger partial charge in [-0.3, -0.25) is 9.78 Å². The van der Waals surface area contributed by atoms with Gasteiger partial charge in [-0.1, -0.05) is 0 Å². The molecule has 1 aliphatic rings. The first-order chi connectivity index (χ1) is 10.3. The first kappa shape index (κ1) is 14.2. The van der Waals surface area contributed by atoms with Crippen LogP contribution in [0.1, 0.15) is 31.4 Å². The van der Waals surface area contributed by atoms with Gasteiger partial charge in [-0.25, -0.2) is 4.98 Å². The van der Waals surface area contributed by atoms with Crippen LogP contribution in [0.3, 0.4) is 0 Å². The van der Waals surface area contributed by atoms with E-state index >= 15 is 0 Å². The summed E-state index contributed by atoms with van der Waals surface area (Å²) < 4.78 is 0. The van der Waals surface area contributed by atoms with E-state index in [4.69, 9.17) is 0 Å². The van der Waals surface area contributed by atoms with E-state index in [-0.39, 0.29) is 5.91 Å². The van der Waals surface area contributed by atoms with Crippen LogP contribution in [0.15, 0.2) is 29.9 Å². The van der Waals surface area contributed by atoms with E-state index in [0.717, 1.165) is 48.6 Å². The van der Waals surface area contributed by atoms with E-state index in [1.54, 1.807) is 23.7 Å². The summed E-state index contributed by atoms with van der Waals surface area (Å²) in [5.41, 5.74) is 2.10. The molecule has 2 aromatic rings. The van der Waals surface area contributed by atoms with Crippen molar-refractivity contribution in [3.8, 4) is 10.6 Å². The molecule has 1 amide bonds. The average Bonchev–Trinajstić information content (AvgIpc) is 3.03. The Morgan fingerprint density at radius 2 is 1.95 bits per heavy atom. The molecule has 110 valence electrons. The Morgan fingerprint density at radius 3 is 2.71 bits per heavy atom. The van der Waals surface area contributed by atoms with E-state index in [1.807, 2.05) is 17.0 Å². The number of thiazole rings is 1. The van der Waals surface area contributed by atoms with Gasteiger partial charge in [0.25, 0.3) is 0 Å². The van der Waals surface area contributed by atoms with Crippen molar-refractivity contribution in [2.75, 3.05) is 13.1 Å². The van der Waals surface area contributed by atoms with Gasteiger partial charge in [0, 0.05) is 42.8 Å². The fraction of sp³-hybridized carbons (Fsp3) is 0.438. The molecule has 0 spiro atoms. The zero-order chi connectivity index (χ0) is 14.5. The van der Waals surface area contributed by atoms with Crippen molar-refractivity contribution in [3.05, 3.63) is 35.6 Å². The Bertz CT molecular complexity index is 591. The first-order valence-corrected chi connectivity index (χ1v) is 8.33. The molecule has 0 N–H and O–H groups in total. The zero-order valence-corrected chi connectivity index (χ0v) is 12.8. The molecule has 0 aromatic carbocycles. The molecule has 1 fully saturated rings. The van der Waals surface area contributed by atoms with Crippen LogP contribution in [-0.4, -0.2) is 33.9 Å². The molecular formula is C16H19N3OS. The summed E-state index contributed by atoms with van der Waals surface area (Å²) in [5, 5.41) is 3.05. The molecule has 0 bridgehead atoms. The predicted octanol–water partition coefficient (Wildman–Crippen LogP) is 3.15. The minimum absolute atomic E-state index is 0.271. The van der Waals surface area contributed by atoms with Crippen molar-refractivity contribution in [2.45, 2.75) is 32.1 Å². The van der Waals surface area contributed by atoms with Crippen LogP contribution in [0.5, 0.6) is 0 Å². The van der Waals surface area contributed by atoms with Crippen molar-refractivity contribution in [1.29, 1.82) is 0 Å². The quantitative estimate of drug-likeness (QED) is 0.871. The summed E-state index contributed by atoms with van der Waals surface area (Å²) in [4.78, 5) is 22.8. The Hall–Kier alpha value is -1.75. The van der Waals surface area contributed by atoms with Crippen molar-refractivity contribution < 1.29 is 4.79 Å². The molecule has 3 rings (SSSR count). The minimum Gasteiger partial charge on any atom is -0.343 e. The number of aromatic nitrogens is 2. The van der Waals surface area contributed by atoms with Crippen LogP contribution in [0.2, 0.25) is 0 Å². The molecular weight excluding hydrogens is 282 g/mol. The van der Waals surface area contributed by atoms with Crippen LogP contribution in [0, 0.1) is 0 Å². The maximum atomic E-state index is 12.1. The third-order valence-corrected chi connectivity index (χ3v) is 4.72. The monoisotopic (exact) mass is 301 g/mol. The summed E-state index contributed by atoms with van der Waals surface area (Å²) in [6.45, 7) is 1.86. The highest BCUT2D eigenvalue weighted by Gasteiger charge is 2.16. The maximum Gasteiger partial charge on any atom is 0.222 e. The Morgan fingerprint density at radius 1 is 1.19 bits per heavy atom. The molecule has 4 nitrogen and oxygen atoms in total. The van der Waals surface area contributed by atoms with Crippen molar-refractivity contribution in [1.82, 2.24) is 14.9 Å².